The van der Waals surface area contributed by atoms with Crippen LogP contribution in [0.5, 0.6) is 11.5 Å². The Hall–Kier alpha value is -4.58. The van der Waals surface area contributed by atoms with Gasteiger partial charge < -0.3 is 20.1 Å². The fourth-order valence-electron chi connectivity index (χ4n) is 3.74. The zero-order valence-corrected chi connectivity index (χ0v) is 21.9. The van der Waals surface area contributed by atoms with E-state index in [-0.39, 0.29) is 17.2 Å². The highest BCUT2D eigenvalue weighted by atomic mass is 16.5. The van der Waals surface area contributed by atoms with Crippen molar-refractivity contribution in [2.45, 2.75) is 26.2 Å². The van der Waals surface area contributed by atoms with Crippen LogP contribution in [0.15, 0.2) is 103 Å². The van der Waals surface area contributed by atoms with Gasteiger partial charge in [0.1, 0.15) is 24.7 Å². The number of nitrogens with one attached hydrogen (secondary N) is 2. The number of ether oxygens (including phenoxy) is 2. The molecule has 0 unspecified atom stereocenters. The van der Waals surface area contributed by atoms with Gasteiger partial charge in [-0.3, -0.25) is 9.59 Å². The molecule has 0 aliphatic rings. The fourth-order valence-corrected chi connectivity index (χ4v) is 3.74. The van der Waals surface area contributed by atoms with Gasteiger partial charge in [-0.05, 0) is 77.7 Å². The van der Waals surface area contributed by atoms with Crippen molar-refractivity contribution in [3.8, 4) is 11.5 Å². The van der Waals surface area contributed by atoms with Crippen LogP contribution in [-0.2, 0) is 5.41 Å². The Morgan fingerprint density at radius 3 is 1.58 bits per heavy atom. The number of carbonyl (C=O) groups excluding carboxylic acids is 2. The molecule has 0 fully saturated rings. The molecular weight excluding hydrogens is 476 g/mol. The minimum Gasteiger partial charge on any atom is -0.490 e. The molecule has 0 aromatic heterocycles. The average Bonchev–Trinajstić information content (AvgIpc) is 2.92. The number of carbonyl (C=O) groups is 2. The molecule has 194 valence electrons. The van der Waals surface area contributed by atoms with E-state index < -0.39 is 0 Å². The Morgan fingerprint density at radius 2 is 1.08 bits per heavy atom. The summed E-state index contributed by atoms with van der Waals surface area (Å²) in [6, 6.07) is 31.1. The first kappa shape index (κ1) is 26.5. The lowest BCUT2D eigenvalue weighted by molar-refractivity contribution is 0.101. The summed E-state index contributed by atoms with van der Waals surface area (Å²) in [5, 5.41) is 5.77. The molecule has 0 aliphatic heterocycles. The SMILES string of the molecule is CC(C)(C)c1ccc(C(=O)Nc2cccc(NC(=O)c3ccc(OCCOc4ccccc4)cc3)c2)cc1. The molecule has 4 aromatic rings. The Balaban J connectivity index is 1.28. The second-order valence-electron chi connectivity index (χ2n) is 9.85. The van der Waals surface area contributed by atoms with Gasteiger partial charge in [-0.15, -0.1) is 0 Å². The highest BCUT2D eigenvalue weighted by Gasteiger charge is 2.15. The van der Waals surface area contributed by atoms with Gasteiger partial charge in [0.2, 0.25) is 0 Å². The van der Waals surface area contributed by atoms with Gasteiger partial charge in [0.05, 0.1) is 0 Å². The first-order valence-electron chi connectivity index (χ1n) is 12.5. The minimum atomic E-state index is -0.259. The molecule has 38 heavy (non-hydrogen) atoms. The smallest absolute Gasteiger partial charge is 0.255 e. The van der Waals surface area contributed by atoms with Crippen molar-refractivity contribution < 1.29 is 19.1 Å². The third kappa shape index (κ3) is 7.46. The van der Waals surface area contributed by atoms with Crippen LogP contribution in [0.1, 0.15) is 47.1 Å². The molecule has 6 nitrogen and oxygen atoms in total. The van der Waals surface area contributed by atoms with E-state index >= 15 is 0 Å². The summed E-state index contributed by atoms with van der Waals surface area (Å²) in [4.78, 5) is 25.5. The molecule has 0 aliphatic carbocycles. The standard InChI is InChI=1S/C32H32N2O4/c1-32(2,3)25-16-12-23(13-17-25)30(35)33-26-8-7-9-27(22-26)34-31(36)24-14-18-29(19-15-24)38-21-20-37-28-10-5-4-6-11-28/h4-19,22H,20-21H2,1-3H3,(H,33,35)(H,34,36). The molecule has 0 saturated heterocycles. The van der Waals surface area contributed by atoms with Crippen molar-refractivity contribution in [2.24, 2.45) is 0 Å². The number of hydrogen-bond donors (Lipinski definition) is 2. The van der Waals surface area contributed by atoms with Crippen LogP contribution in [0, 0.1) is 0 Å². The first-order chi connectivity index (χ1) is 18.3. The number of para-hydroxylation sites is 1. The molecule has 0 saturated carbocycles. The van der Waals surface area contributed by atoms with E-state index in [2.05, 4.69) is 31.4 Å². The van der Waals surface area contributed by atoms with Gasteiger partial charge in [0.25, 0.3) is 11.8 Å². The third-order valence-corrected chi connectivity index (χ3v) is 5.87. The van der Waals surface area contributed by atoms with Crippen LogP contribution in [0.4, 0.5) is 11.4 Å². The molecule has 2 N–H and O–H groups in total. The molecule has 4 rings (SSSR count). The molecular formula is C32H32N2O4. The quantitative estimate of drug-likeness (QED) is 0.240. The van der Waals surface area contributed by atoms with Gasteiger partial charge in [-0.25, -0.2) is 0 Å². The van der Waals surface area contributed by atoms with Crippen molar-refractivity contribution >= 4 is 23.2 Å². The van der Waals surface area contributed by atoms with Crippen LogP contribution in [0.25, 0.3) is 0 Å². The Labute approximate surface area is 223 Å². The first-order valence-corrected chi connectivity index (χ1v) is 12.5. The Bertz CT molecular complexity index is 1360. The lowest BCUT2D eigenvalue weighted by Gasteiger charge is -2.19. The Kier molecular flexibility index (Phi) is 8.44. The van der Waals surface area contributed by atoms with Gasteiger partial charge >= 0.3 is 0 Å². The largest absolute Gasteiger partial charge is 0.490 e. The second kappa shape index (κ2) is 12.1. The van der Waals surface area contributed by atoms with Gasteiger partial charge in [-0.1, -0.05) is 57.2 Å². The highest BCUT2D eigenvalue weighted by molar-refractivity contribution is 6.06. The van der Waals surface area contributed by atoms with E-state index in [1.165, 1.54) is 0 Å². The Morgan fingerprint density at radius 1 is 0.605 bits per heavy atom. The average molecular weight is 509 g/mol. The van der Waals surface area contributed by atoms with E-state index in [0.29, 0.717) is 41.5 Å². The summed E-state index contributed by atoms with van der Waals surface area (Å²) in [5.41, 5.74) is 3.42. The molecule has 0 spiro atoms. The number of hydrogen-bond acceptors (Lipinski definition) is 4. The maximum atomic E-state index is 12.8. The molecule has 6 heteroatoms. The summed E-state index contributed by atoms with van der Waals surface area (Å²) < 4.78 is 11.3. The minimum absolute atomic E-state index is 0.0202. The summed E-state index contributed by atoms with van der Waals surface area (Å²) in [6.07, 6.45) is 0. The maximum Gasteiger partial charge on any atom is 0.255 e. The second-order valence-corrected chi connectivity index (χ2v) is 9.85. The predicted molar refractivity (Wildman–Crippen MR) is 151 cm³/mol. The van der Waals surface area contributed by atoms with Crippen LogP contribution in [0.3, 0.4) is 0 Å². The topological polar surface area (TPSA) is 76.7 Å². The molecule has 0 radical (unpaired) electrons. The summed E-state index contributed by atoms with van der Waals surface area (Å²) in [5.74, 6) is 0.976. The zero-order chi connectivity index (χ0) is 27.0. The molecule has 0 atom stereocenters. The van der Waals surface area contributed by atoms with E-state index in [1.54, 1.807) is 48.5 Å². The van der Waals surface area contributed by atoms with Gasteiger partial charge in [0.15, 0.2) is 0 Å². The van der Waals surface area contributed by atoms with Crippen molar-refractivity contribution in [1.29, 1.82) is 0 Å². The third-order valence-electron chi connectivity index (χ3n) is 5.87. The van der Waals surface area contributed by atoms with Gasteiger partial charge in [-0.2, -0.15) is 0 Å². The normalized spacial score (nSPS) is 10.9. The van der Waals surface area contributed by atoms with Crippen LogP contribution < -0.4 is 20.1 Å². The van der Waals surface area contributed by atoms with Crippen molar-refractivity contribution in [3.05, 3.63) is 120 Å². The number of benzene rings is 4. The molecule has 4 aromatic carbocycles. The van der Waals surface area contributed by atoms with E-state index in [9.17, 15) is 9.59 Å². The van der Waals surface area contributed by atoms with E-state index in [0.717, 1.165) is 11.3 Å². The fraction of sp³-hybridized carbons (Fsp3) is 0.188. The number of anilines is 2. The summed E-state index contributed by atoms with van der Waals surface area (Å²) >= 11 is 0. The van der Waals surface area contributed by atoms with E-state index in [1.807, 2.05) is 54.6 Å². The number of amides is 2. The lowest BCUT2D eigenvalue weighted by Crippen LogP contribution is -2.15. The predicted octanol–water partition coefficient (Wildman–Crippen LogP) is 6.95. The van der Waals surface area contributed by atoms with Gasteiger partial charge in [0, 0.05) is 22.5 Å². The van der Waals surface area contributed by atoms with Crippen LogP contribution in [-0.4, -0.2) is 25.0 Å². The molecule has 0 heterocycles. The van der Waals surface area contributed by atoms with E-state index in [4.69, 9.17) is 9.47 Å². The monoisotopic (exact) mass is 508 g/mol. The zero-order valence-electron chi connectivity index (χ0n) is 21.9. The van der Waals surface area contributed by atoms with Crippen LogP contribution >= 0.6 is 0 Å². The van der Waals surface area contributed by atoms with Crippen molar-refractivity contribution in [2.75, 3.05) is 23.8 Å². The maximum absolute atomic E-state index is 12.8. The molecule has 2 amide bonds. The molecule has 0 bridgehead atoms. The summed E-state index contributed by atoms with van der Waals surface area (Å²) in [7, 11) is 0. The number of rotatable bonds is 9. The lowest BCUT2D eigenvalue weighted by atomic mass is 9.87. The van der Waals surface area contributed by atoms with Crippen molar-refractivity contribution in [1.82, 2.24) is 0 Å². The highest BCUT2D eigenvalue weighted by Crippen LogP contribution is 2.23. The van der Waals surface area contributed by atoms with Crippen molar-refractivity contribution in [3.63, 3.8) is 0 Å². The van der Waals surface area contributed by atoms with Crippen LogP contribution in [0.2, 0.25) is 0 Å². The summed E-state index contributed by atoms with van der Waals surface area (Å²) in [6.45, 7) is 7.20.